The first-order valence-electron chi connectivity index (χ1n) is 9.47. The maximum Gasteiger partial charge on any atom is 0.170 e. The Bertz CT molecular complexity index is 920. The molecule has 0 N–H and O–H groups in total. The second kappa shape index (κ2) is 7.35. The van der Waals surface area contributed by atoms with Crippen LogP contribution in [-0.4, -0.2) is 34.5 Å². The Kier molecular flexibility index (Phi) is 4.92. The Balaban J connectivity index is 1.70. The van der Waals surface area contributed by atoms with Gasteiger partial charge in [0.2, 0.25) is 0 Å². The number of hydrogen-bond donors (Lipinski definition) is 0. The van der Waals surface area contributed by atoms with E-state index in [2.05, 4.69) is 80.3 Å². The van der Waals surface area contributed by atoms with Crippen LogP contribution in [0.2, 0.25) is 0 Å². The van der Waals surface area contributed by atoms with Crippen LogP contribution in [0.3, 0.4) is 0 Å². The van der Waals surface area contributed by atoms with Gasteiger partial charge in [-0.15, -0.1) is 0 Å². The van der Waals surface area contributed by atoms with Crippen LogP contribution < -0.4 is 0 Å². The zero-order valence-corrected chi connectivity index (χ0v) is 17.0. The topological polar surface area (TPSA) is 28.0 Å². The van der Waals surface area contributed by atoms with Crippen LogP contribution in [-0.2, 0) is 0 Å². The van der Waals surface area contributed by atoms with Crippen molar-refractivity contribution in [3.8, 4) is 0 Å². The highest BCUT2D eigenvalue weighted by atomic mass is 32.2. The molecule has 4 rings (SSSR count). The average molecular weight is 376 g/mol. The van der Waals surface area contributed by atoms with Gasteiger partial charge >= 0.3 is 0 Å². The predicted molar refractivity (Wildman–Crippen MR) is 118 cm³/mol. The predicted octanol–water partition coefficient (Wildman–Crippen LogP) is 5.57. The lowest BCUT2D eigenvalue weighted by molar-refractivity contribution is 0.527. The fraction of sp³-hybridized carbons (Fsp3) is 0.304. The Labute approximate surface area is 165 Å². The lowest BCUT2D eigenvalue weighted by Gasteiger charge is -2.36. The van der Waals surface area contributed by atoms with Crippen LogP contribution in [0.15, 0.2) is 63.4 Å². The Hall–Kier alpha value is -2.33. The van der Waals surface area contributed by atoms with Crippen molar-refractivity contribution in [2.45, 2.75) is 37.6 Å². The molecule has 0 unspecified atom stereocenters. The highest BCUT2D eigenvalue weighted by Gasteiger charge is 2.31. The van der Waals surface area contributed by atoms with Gasteiger partial charge in [-0.2, -0.15) is 0 Å². The van der Waals surface area contributed by atoms with E-state index in [1.807, 2.05) is 6.07 Å². The van der Waals surface area contributed by atoms with Crippen LogP contribution in [0.5, 0.6) is 0 Å². The van der Waals surface area contributed by atoms with Crippen LogP contribution in [0.1, 0.15) is 43.9 Å². The molecule has 2 aliphatic rings. The molecule has 0 atom stereocenters. The van der Waals surface area contributed by atoms with E-state index < -0.39 is 0 Å². The van der Waals surface area contributed by atoms with Crippen LogP contribution in [0, 0.1) is 0 Å². The first-order valence-corrected chi connectivity index (χ1v) is 10.3. The molecule has 2 aliphatic heterocycles. The molecule has 0 saturated carbocycles. The van der Waals surface area contributed by atoms with Crippen molar-refractivity contribution in [3.63, 3.8) is 0 Å². The molecule has 0 bridgehead atoms. The molecular formula is C23H25N3S. The van der Waals surface area contributed by atoms with Crippen molar-refractivity contribution in [2.24, 2.45) is 9.98 Å². The van der Waals surface area contributed by atoms with E-state index in [0.717, 1.165) is 30.5 Å². The normalized spacial score (nSPS) is 18.4. The van der Waals surface area contributed by atoms with Gasteiger partial charge in [0.05, 0.1) is 5.54 Å². The third kappa shape index (κ3) is 4.16. The summed E-state index contributed by atoms with van der Waals surface area (Å²) in [7, 11) is 0. The number of benzene rings is 2. The summed E-state index contributed by atoms with van der Waals surface area (Å²) in [4.78, 5) is 13.3. The number of nitrogens with zero attached hydrogens (tertiary/aromatic N) is 3. The molecule has 3 nitrogen and oxygen atoms in total. The molecule has 138 valence electrons. The van der Waals surface area contributed by atoms with Crippen molar-refractivity contribution in [2.75, 3.05) is 13.1 Å². The van der Waals surface area contributed by atoms with E-state index in [4.69, 9.17) is 9.98 Å². The van der Waals surface area contributed by atoms with Gasteiger partial charge < -0.3 is 4.90 Å². The van der Waals surface area contributed by atoms with Crippen molar-refractivity contribution < 1.29 is 0 Å². The summed E-state index contributed by atoms with van der Waals surface area (Å²) in [6, 6.07) is 17.0. The van der Waals surface area contributed by atoms with Gasteiger partial charge in [-0.3, -0.25) is 9.98 Å². The molecule has 2 aromatic rings. The number of aliphatic imine (C=N–C) groups is 2. The SMILES string of the molecule is CC(C)(C)N=C1Sc2cc(/C=C/c3ccccc3)ccc2C2=NCCCN12. The molecular weight excluding hydrogens is 350 g/mol. The second-order valence-corrected chi connectivity index (χ2v) is 8.89. The van der Waals surface area contributed by atoms with E-state index in [9.17, 15) is 0 Å². The van der Waals surface area contributed by atoms with E-state index in [-0.39, 0.29) is 5.54 Å². The largest absolute Gasteiger partial charge is 0.305 e. The minimum Gasteiger partial charge on any atom is -0.305 e. The van der Waals surface area contributed by atoms with Crippen LogP contribution in [0.25, 0.3) is 12.2 Å². The summed E-state index contributed by atoms with van der Waals surface area (Å²) in [6.45, 7) is 8.34. The lowest BCUT2D eigenvalue weighted by atomic mass is 10.1. The fourth-order valence-corrected chi connectivity index (χ4v) is 4.48. The van der Waals surface area contributed by atoms with Crippen molar-refractivity contribution in [3.05, 3.63) is 65.2 Å². The summed E-state index contributed by atoms with van der Waals surface area (Å²) in [5.41, 5.74) is 3.53. The first kappa shape index (κ1) is 18.1. The van der Waals surface area contributed by atoms with Gasteiger partial charge in [-0.05, 0) is 50.5 Å². The van der Waals surface area contributed by atoms with Gasteiger partial charge in [0.1, 0.15) is 5.84 Å². The zero-order chi connectivity index (χ0) is 18.9. The molecule has 0 saturated heterocycles. The molecule has 0 aliphatic carbocycles. The molecule has 0 amide bonds. The highest BCUT2D eigenvalue weighted by Crippen LogP contribution is 2.36. The van der Waals surface area contributed by atoms with E-state index in [0.29, 0.717) is 0 Å². The maximum atomic E-state index is 4.98. The minimum absolute atomic E-state index is 0.104. The molecule has 2 aromatic carbocycles. The summed E-state index contributed by atoms with van der Waals surface area (Å²) in [6.07, 6.45) is 5.41. The Morgan fingerprint density at radius 2 is 1.81 bits per heavy atom. The summed E-state index contributed by atoms with van der Waals surface area (Å²) < 4.78 is 0. The number of hydrogen-bond acceptors (Lipinski definition) is 3. The van der Waals surface area contributed by atoms with Gasteiger partial charge in [0.15, 0.2) is 5.17 Å². The van der Waals surface area contributed by atoms with Gasteiger partial charge in [0, 0.05) is 23.5 Å². The Morgan fingerprint density at radius 3 is 2.59 bits per heavy atom. The summed E-state index contributed by atoms with van der Waals surface area (Å²) >= 11 is 1.77. The zero-order valence-electron chi connectivity index (χ0n) is 16.1. The highest BCUT2D eigenvalue weighted by molar-refractivity contribution is 8.14. The number of thioether (sulfide) groups is 1. The first-order chi connectivity index (χ1) is 13.0. The maximum absolute atomic E-state index is 4.98. The van der Waals surface area contributed by atoms with Crippen LogP contribution >= 0.6 is 11.8 Å². The average Bonchev–Trinajstić information content (AvgIpc) is 2.66. The molecule has 27 heavy (non-hydrogen) atoms. The van der Waals surface area contributed by atoms with Crippen molar-refractivity contribution in [1.82, 2.24) is 4.90 Å². The quantitative estimate of drug-likeness (QED) is 0.642. The molecule has 4 heteroatoms. The molecule has 0 radical (unpaired) electrons. The smallest absolute Gasteiger partial charge is 0.170 e. The third-order valence-electron chi connectivity index (χ3n) is 4.43. The number of amidine groups is 2. The standard InChI is InChI=1S/C23H25N3S/c1-23(2,3)25-22-26-15-7-14-24-21(26)19-13-12-18(16-20(19)27-22)11-10-17-8-5-4-6-9-17/h4-6,8-13,16H,7,14-15H2,1-3H3/b11-10+,25-22?. The summed E-state index contributed by atoms with van der Waals surface area (Å²) in [5.74, 6) is 1.08. The second-order valence-electron chi connectivity index (χ2n) is 7.88. The Morgan fingerprint density at radius 1 is 1.04 bits per heavy atom. The molecule has 0 spiro atoms. The monoisotopic (exact) mass is 375 g/mol. The number of rotatable bonds is 2. The van der Waals surface area contributed by atoms with E-state index >= 15 is 0 Å². The van der Waals surface area contributed by atoms with Crippen LogP contribution in [0.4, 0.5) is 0 Å². The molecule has 0 fully saturated rings. The van der Waals surface area contributed by atoms with E-state index in [1.54, 1.807) is 11.8 Å². The lowest BCUT2D eigenvalue weighted by Crippen LogP contribution is -2.43. The van der Waals surface area contributed by atoms with Gasteiger partial charge in [-0.25, -0.2) is 0 Å². The molecule has 0 aromatic heterocycles. The van der Waals surface area contributed by atoms with Crippen molar-refractivity contribution >= 4 is 34.9 Å². The van der Waals surface area contributed by atoms with E-state index in [1.165, 1.54) is 21.6 Å². The van der Waals surface area contributed by atoms with Gasteiger partial charge in [-0.1, -0.05) is 60.3 Å². The number of fused-ring (bicyclic) bond motifs is 3. The van der Waals surface area contributed by atoms with Gasteiger partial charge in [0.25, 0.3) is 0 Å². The summed E-state index contributed by atoms with van der Waals surface area (Å²) in [5, 5.41) is 1.07. The fourth-order valence-electron chi connectivity index (χ4n) is 3.21. The molecule has 2 heterocycles. The third-order valence-corrected chi connectivity index (χ3v) is 5.49. The van der Waals surface area contributed by atoms with Crippen molar-refractivity contribution in [1.29, 1.82) is 0 Å². The minimum atomic E-state index is -0.104.